The Morgan fingerprint density at radius 3 is 2.05 bits per heavy atom. The zero-order valence-electron chi connectivity index (χ0n) is 11.7. The highest BCUT2D eigenvalue weighted by molar-refractivity contribution is 5.80. The van der Waals surface area contributed by atoms with E-state index in [4.69, 9.17) is 0 Å². The molecule has 2 aromatic carbocycles. The normalized spacial score (nSPS) is 23.6. The summed E-state index contributed by atoms with van der Waals surface area (Å²) in [7, 11) is 2.14. The first-order valence-corrected chi connectivity index (χ1v) is 7.31. The maximum absolute atomic E-state index is 11.6. The molecule has 0 aromatic heterocycles. The predicted molar refractivity (Wildman–Crippen MR) is 80.5 cm³/mol. The van der Waals surface area contributed by atoms with Gasteiger partial charge in [-0.1, -0.05) is 48.5 Å². The molecule has 0 bridgehead atoms. The monoisotopic (exact) mass is 265 g/mol. The second-order valence-corrected chi connectivity index (χ2v) is 6.11. The lowest BCUT2D eigenvalue weighted by Gasteiger charge is -2.32. The van der Waals surface area contributed by atoms with Crippen LogP contribution in [0.5, 0.6) is 0 Å². The van der Waals surface area contributed by atoms with Crippen molar-refractivity contribution in [2.75, 3.05) is 20.1 Å². The number of aliphatic hydroxyl groups is 1. The summed E-state index contributed by atoms with van der Waals surface area (Å²) in [6.07, 6.45) is 1.05. The molecule has 0 radical (unpaired) electrons. The topological polar surface area (TPSA) is 23.5 Å². The van der Waals surface area contributed by atoms with Gasteiger partial charge in [-0.25, -0.2) is 0 Å². The van der Waals surface area contributed by atoms with Crippen LogP contribution in [0.25, 0.3) is 11.1 Å². The lowest BCUT2D eigenvalue weighted by atomic mass is 9.79. The molecule has 2 nitrogen and oxygen atoms in total. The minimum absolute atomic E-state index is 0.275. The van der Waals surface area contributed by atoms with E-state index < -0.39 is 5.60 Å². The zero-order chi connectivity index (χ0) is 13.7. The summed E-state index contributed by atoms with van der Waals surface area (Å²) in [5.74, 6) is 0.275. The molecule has 0 amide bonds. The van der Waals surface area contributed by atoms with Crippen LogP contribution in [0.15, 0.2) is 48.5 Å². The van der Waals surface area contributed by atoms with E-state index in [-0.39, 0.29) is 5.92 Å². The Kier molecular flexibility index (Phi) is 2.53. The molecular weight excluding hydrogens is 246 g/mol. The van der Waals surface area contributed by atoms with Gasteiger partial charge in [0.2, 0.25) is 0 Å². The van der Waals surface area contributed by atoms with Gasteiger partial charge in [0, 0.05) is 12.5 Å². The predicted octanol–water partition coefficient (Wildman–Crippen LogP) is 2.85. The molecule has 1 aliphatic carbocycles. The number of likely N-dealkylation sites (tertiary alicyclic amines) is 1. The lowest BCUT2D eigenvalue weighted by Crippen LogP contribution is -2.36. The van der Waals surface area contributed by atoms with Crippen molar-refractivity contribution in [3.63, 3.8) is 0 Å². The second-order valence-electron chi connectivity index (χ2n) is 6.11. The van der Waals surface area contributed by atoms with Crippen LogP contribution in [0.3, 0.4) is 0 Å². The summed E-state index contributed by atoms with van der Waals surface area (Å²) in [5, 5.41) is 11.6. The number of fused-ring (bicyclic) bond motifs is 3. The average Bonchev–Trinajstić information content (AvgIpc) is 3.03. The fourth-order valence-electron chi connectivity index (χ4n) is 3.96. The molecule has 1 atom stereocenters. The largest absolute Gasteiger partial charge is 0.380 e. The molecule has 0 spiro atoms. The van der Waals surface area contributed by atoms with Crippen LogP contribution >= 0.6 is 0 Å². The van der Waals surface area contributed by atoms with Crippen LogP contribution < -0.4 is 0 Å². The third-order valence-electron chi connectivity index (χ3n) is 4.95. The third kappa shape index (κ3) is 1.46. The van der Waals surface area contributed by atoms with Crippen molar-refractivity contribution in [3.05, 3.63) is 59.7 Å². The van der Waals surface area contributed by atoms with Gasteiger partial charge in [-0.2, -0.15) is 0 Å². The molecule has 20 heavy (non-hydrogen) atoms. The molecule has 1 fully saturated rings. The van der Waals surface area contributed by atoms with E-state index in [9.17, 15) is 5.11 Å². The standard InChI is InChI=1S/C18H19NO/c1-19-11-10-13(12-19)18(20)16-8-4-2-6-14(16)15-7-3-5-9-17(15)18/h2-9,13,20H,10-12H2,1H3. The van der Waals surface area contributed by atoms with Gasteiger partial charge in [-0.3, -0.25) is 0 Å². The molecule has 0 saturated carbocycles. The Labute approximate surface area is 119 Å². The number of rotatable bonds is 1. The quantitative estimate of drug-likeness (QED) is 0.857. The Morgan fingerprint density at radius 2 is 1.55 bits per heavy atom. The zero-order valence-corrected chi connectivity index (χ0v) is 11.7. The number of nitrogens with zero attached hydrogens (tertiary/aromatic N) is 1. The molecule has 102 valence electrons. The fourth-order valence-corrected chi connectivity index (χ4v) is 3.96. The van der Waals surface area contributed by atoms with Crippen molar-refractivity contribution >= 4 is 0 Å². The molecule has 1 aliphatic heterocycles. The maximum Gasteiger partial charge on any atom is 0.120 e. The van der Waals surface area contributed by atoms with Crippen molar-refractivity contribution in [1.29, 1.82) is 0 Å². The maximum atomic E-state index is 11.6. The second kappa shape index (κ2) is 4.18. The summed E-state index contributed by atoms with van der Waals surface area (Å²) in [4.78, 5) is 2.31. The van der Waals surface area contributed by atoms with E-state index in [0.29, 0.717) is 0 Å². The van der Waals surface area contributed by atoms with Gasteiger partial charge in [0.15, 0.2) is 0 Å². The van der Waals surface area contributed by atoms with Crippen LogP contribution in [0, 0.1) is 5.92 Å². The van der Waals surface area contributed by atoms with Crippen molar-refractivity contribution in [3.8, 4) is 11.1 Å². The molecule has 1 N–H and O–H groups in total. The first-order valence-electron chi connectivity index (χ1n) is 7.31. The van der Waals surface area contributed by atoms with Gasteiger partial charge in [-0.05, 0) is 42.3 Å². The van der Waals surface area contributed by atoms with Gasteiger partial charge in [0.1, 0.15) is 5.60 Å². The van der Waals surface area contributed by atoms with Crippen molar-refractivity contribution in [1.82, 2.24) is 4.90 Å². The van der Waals surface area contributed by atoms with Crippen LogP contribution in [0.4, 0.5) is 0 Å². The van der Waals surface area contributed by atoms with E-state index in [1.165, 1.54) is 11.1 Å². The lowest BCUT2D eigenvalue weighted by molar-refractivity contribution is 0.0252. The highest BCUT2D eigenvalue weighted by Crippen LogP contribution is 2.52. The molecule has 1 unspecified atom stereocenters. The average molecular weight is 265 g/mol. The molecule has 2 aromatic rings. The smallest absolute Gasteiger partial charge is 0.120 e. The minimum atomic E-state index is -0.821. The highest BCUT2D eigenvalue weighted by atomic mass is 16.3. The molecule has 1 saturated heterocycles. The van der Waals surface area contributed by atoms with Gasteiger partial charge < -0.3 is 10.0 Å². The summed E-state index contributed by atoms with van der Waals surface area (Å²) < 4.78 is 0. The third-order valence-corrected chi connectivity index (χ3v) is 4.95. The summed E-state index contributed by atoms with van der Waals surface area (Å²) >= 11 is 0. The van der Waals surface area contributed by atoms with Crippen LogP contribution in [0.1, 0.15) is 17.5 Å². The first-order chi connectivity index (χ1) is 9.71. The Hall–Kier alpha value is -1.64. The number of hydrogen-bond donors (Lipinski definition) is 1. The van der Waals surface area contributed by atoms with Gasteiger partial charge in [0.05, 0.1) is 0 Å². The summed E-state index contributed by atoms with van der Waals surface area (Å²) in [6, 6.07) is 16.6. The van der Waals surface area contributed by atoms with Crippen molar-refractivity contribution in [2.24, 2.45) is 5.92 Å². The van der Waals surface area contributed by atoms with Gasteiger partial charge >= 0.3 is 0 Å². The Bertz CT molecular complexity index is 618. The summed E-state index contributed by atoms with van der Waals surface area (Å²) in [6.45, 7) is 2.02. The van der Waals surface area contributed by atoms with E-state index in [1.54, 1.807) is 0 Å². The van der Waals surface area contributed by atoms with Crippen LogP contribution in [-0.2, 0) is 5.60 Å². The number of benzene rings is 2. The molecular formula is C18H19NO. The molecule has 1 heterocycles. The van der Waals surface area contributed by atoms with E-state index in [1.807, 2.05) is 12.1 Å². The van der Waals surface area contributed by atoms with E-state index in [2.05, 4.69) is 48.3 Å². The molecule has 2 heteroatoms. The van der Waals surface area contributed by atoms with Crippen LogP contribution in [0.2, 0.25) is 0 Å². The van der Waals surface area contributed by atoms with Crippen LogP contribution in [-0.4, -0.2) is 30.1 Å². The van der Waals surface area contributed by atoms with Crippen molar-refractivity contribution < 1.29 is 5.11 Å². The number of hydrogen-bond acceptors (Lipinski definition) is 2. The Morgan fingerprint density at radius 1 is 1.00 bits per heavy atom. The van der Waals surface area contributed by atoms with Gasteiger partial charge in [0.25, 0.3) is 0 Å². The summed E-state index contributed by atoms with van der Waals surface area (Å²) in [5.41, 5.74) is 3.74. The minimum Gasteiger partial charge on any atom is -0.380 e. The first kappa shape index (κ1) is 12.1. The highest BCUT2D eigenvalue weighted by Gasteiger charge is 2.48. The molecule has 4 rings (SSSR count). The fraction of sp³-hybridized carbons (Fsp3) is 0.333. The van der Waals surface area contributed by atoms with E-state index >= 15 is 0 Å². The van der Waals surface area contributed by atoms with Crippen molar-refractivity contribution in [2.45, 2.75) is 12.0 Å². The van der Waals surface area contributed by atoms with Gasteiger partial charge in [-0.15, -0.1) is 0 Å². The van der Waals surface area contributed by atoms with E-state index in [0.717, 1.165) is 30.6 Å². The molecule has 2 aliphatic rings. The SMILES string of the molecule is CN1CCC(C2(O)c3ccccc3-c3ccccc32)C1. The Balaban J connectivity index is 1.95.